The first kappa shape index (κ1) is 7.21. The second-order valence-electron chi connectivity index (χ2n) is 1.97. The summed E-state index contributed by atoms with van der Waals surface area (Å²) in [4.78, 5) is 4.19. The standard InChI is InChI=1S/C6H9N3S/c1-4(9-7)6-3-10-5(2)8-6/h3H,7H2,1-2H3/b9-4+. The van der Waals surface area contributed by atoms with Crippen molar-refractivity contribution in [3.8, 4) is 0 Å². The van der Waals surface area contributed by atoms with Crippen molar-refractivity contribution >= 4 is 17.0 Å². The van der Waals surface area contributed by atoms with Crippen molar-refractivity contribution in [1.82, 2.24) is 4.98 Å². The molecule has 0 saturated carbocycles. The van der Waals surface area contributed by atoms with Crippen molar-refractivity contribution in [2.45, 2.75) is 13.8 Å². The van der Waals surface area contributed by atoms with Gasteiger partial charge < -0.3 is 5.84 Å². The van der Waals surface area contributed by atoms with Gasteiger partial charge >= 0.3 is 0 Å². The predicted octanol–water partition coefficient (Wildman–Crippen LogP) is 1.13. The summed E-state index contributed by atoms with van der Waals surface area (Å²) in [6.07, 6.45) is 0. The van der Waals surface area contributed by atoms with E-state index in [1.165, 1.54) is 0 Å². The molecule has 1 heterocycles. The molecule has 0 fully saturated rings. The maximum Gasteiger partial charge on any atom is 0.0971 e. The topological polar surface area (TPSA) is 51.3 Å². The molecule has 0 saturated heterocycles. The molecule has 0 aliphatic heterocycles. The first-order valence-electron chi connectivity index (χ1n) is 2.91. The molecule has 1 aromatic heterocycles. The molecule has 0 atom stereocenters. The van der Waals surface area contributed by atoms with Gasteiger partial charge in [0, 0.05) is 5.38 Å². The molecule has 1 rings (SSSR count). The Hall–Kier alpha value is -0.900. The van der Waals surface area contributed by atoms with Gasteiger partial charge in [0.2, 0.25) is 0 Å². The van der Waals surface area contributed by atoms with E-state index >= 15 is 0 Å². The summed E-state index contributed by atoms with van der Waals surface area (Å²) in [7, 11) is 0. The van der Waals surface area contributed by atoms with Gasteiger partial charge in [-0.1, -0.05) is 0 Å². The third-order valence-electron chi connectivity index (χ3n) is 1.18. The van der Waals surface area contributed by atoms with E-state index in [0.29, 0.717) is 0 Å². The van der Waals surface area contributed by atoms with Gasteiger partial charge in [0.15, 0.2) is 0 Å². The first-order valence-corrected chi connectivity index (χ1v) is 3.79. The smallest absolute Gasteiger partial charge is 0.0971 e. The lowest BCUT2D eigenvalue weighted by Crippen LogP contribution is -1.98. The van der Waals surface area contributed by atoms with Crippen LogP contribution in [-0.4, -0.2) is 10.7 Å². The van der Waals surface area contributed by atoms with Crippen molar-refractivity contribution in [2.75, 3.05) is 0 Å². The molecule has 0 spiro atoms. The molecule has 54 valence electrons. The van der Waals surface area contributed by atoms with E-state index in [1.54, 1.807) is 11.3 Å². The van der Waals surface area contributed by atoms with E-state index in [0.717, 1.165) is 16.4 Å². The Morgan fingerprint density at radius 3 is 2.90 bits per heavy atom. The summed E-state index contributed by atoms with van der Waals surface area (Å²) in [5.74, 6) is 5.07. The Bertz CT molecular complexity index is 251. The SMILES string of the molecule is C/C(=N\N)c1csc(C)n1. The quantitative estimate of drug-likeness (QED) is 0.375. The second-order valence-corrected chi connectivity index (χ2v) is 3.03. The summed E-state index contributed by atoms with van der Waals surface area (Å²) in [6.45, 7) is 3.80. The number of nitrogens with zero attached hydrogens (tertiary/aromatic N) is 2. The predicted molar refractivity (Wildman–Crippen MR) is 43.2 cm³/mol. The molecule has 2 N–H and O–H groups in total. The van der Waals surface area contributed by atoms with Gasteiger partial charge in [0.05, 0.1) is 16.4 Å². The number of rotatable bonds is 1. The van der Waals surface area contributed by atoms with Crippen LogP contribution in [0.4, 0.5) is 0 Å². The van der Waals surface area contributed by atoms with Gasteiger partial charge in [0.25, 0.3) is 0 Å². The van der Waals surface area contributed by atoms with Crippen molar-refractivity contribution < 1.29 is 0 Å². The molecule has 4 heteroatoms. The van der Waals surface area contributed by atoms with E-state index in [1.807, 2.05) is 19.2 Å². The average molecular weight is 155 g/mol. The monoisotopic (exact) mass is 155 g/mol. The van der Waals surface area contributed by atoms with Gasteiger partial charge in [0.1, 0.15) is 0 Å². The highest BCUT2D eigenvalue weighted by Gasteiger charge is 1.99. The van der Waals surface area contributed by atoms with Crippen LogP contribution in [-0.2, 0) is 0 Å². The van der Waals surface area contributed by atoms with Crippen LogP contribution in [0, 0.1) is 6.92 Å². The Morgan fingerprint density at radius 1 is 1.80 bits per heavy atom. The Balaban J connectivity index is 2.95. The Kier molecular flexibility index (Phi) is 2.01. The van der Waals surface area contributed by atoms with Gasteiger partial charge in [-0.15, -0.1) is 11.3 Å². The minimum atomic E-state index is 0.782. The fourth-order valence-electron chi connectivity index (χ4n) is 0.596. The van der Waals surface area contributed by atoms with Crippen LogP contribution in [0.3, 0.4) is 0 Å². The molecule has 10 heavy (non-hydrogen) atoms. The van der Waals surface area contributed by atoms with Gasteiger partial charge in [-0.25, -0.2) is 4.98 Å². The van der Waals surface area contributed by atoms with Gasteiger partial charge in [-0.2, -0.15) is 5.10 Å². The highest BCUT2D eigenvalue weighted by Crippen LogP contribution is 2.07. The summed E-state index contributed by atoms with van der Waals surface area (Å²) in [6, 6.07) is 0. The largest absolute Gasteiger partial charge is 0.323 e. The molecule has 0 aliphatic carbocycles. The van der Waals surface area contributed by atoms with Crippen LogP contribution in [0.1, 0.15) is 17.6 Å². The summed E-state index contributed by atoms with van der Waals surface area (Å²) < 4.78 is 0. The zero-order chi connectivity index (χ0) is 7.56. The molecule has 0 amide bonds. The summed E-state index contributed by atoms with van der Waals surface area (Å²) >= 11 is 1.60. The summed E-state index contributed by atoms with van der Waals surface area (Å²) in [5, 5.41) is 6.52. The van der Waals surface area contributed by atoms with Crippen molar-refractivity contribution in [2.24, 2.45) is 10.9 Å². The van der Waals surface area contributed by atoms with Gasteiger partial charge in [-0.05, 0) is 13.8 Å². The minimum absolute atomic E-state index is 0.782. The van der Waals surface area contributed by atoms with E-state index in [2.05, 4.69) is 10.1 Å². The Morgan fingerprint density at radius 2 is 2.50 bits per heavy atom. The third kappa shape index (κ3) is 1.33. The first-order chi connectivity index (χ1) is 4.74. The lowest BCUT2D eigenvalue weighted by atomic mass is 10.3. The molecule has 0 radical (unpaired) electrons. The van der Waals surface area contributed by atoms with Crippen LogP contribution in [0.15, 0.2) is 10.5 Å². The lowest BCUT2D eigenvalue weighted by Gasteiger charge is -1.88. The molecule has 3 nitrogen and oxygen atoms in total. The molecule has 0 bridgehead atoms. The number of thiazole rings is 1. The van der Waals surface area contributed by atoms with E-state index < -0.39 is 0 Å². The van der Waals surface area contributed by atoms with Crippen molar-refractivity contribution in [1.29, 1.82) is 0 Å². The maximum atomic E-state index is 5.07. The number of hydrogen-bond donors (Lipinski definition) is 1. The van der Waals surface area contributed by atoms with Gasteiger partial charge in [-0.3, -0.25) is 0 Å². The van der Waals surface area contributed by atoms with Crippen LogP contribution in [0.5, 0.6) is 0 Å². The zero-order valence-corrected chi connectivity index (χ0v) is 6.77. The zero-order valence-electron chi connectivity index (χ0n) is 5.96. The third-order valence-corrected chi connectivity index (χ3v) is 1.96. The molecule has 0 unspecified atom stereocenters. The second kappa shape index (κ2) is 2.79. The fourth-order valence-corrected chi connectivity index (χ4v) is 1.25. The van der Waals surface area contributed by atoms with E-state index in [4.69, 9.17) is 5.84 Å². The minimum Gasteiger partial charge on any atom is -0.323 e. The van der Waals surface area contributed by atoms with Crippen LogP contribution in [0.2, 0.25) is 0 Å². The maximum absolute atomic E-state index is 5.07. The highest BCUT2D eigenvalue weighted by molar-refractivity contribution is 7.09. The normalized spacial score (nSPS) is 12.0. The van der Waals surface area contributed by atoms with Crippen molar-refractivity contribution in [3.63, 3.8) is 0 Å². The molecular weight excluding hydrogens is 146 g/mol. The molecule has 0 aliphatic rings. The summed E-state index contributed by atoms with van der Waals surface area (Å²) in [5.41, 5.74) is 1.66. The lowest BCUT2D eigenvalue weighted by molar-refractivity contribution is 1.20. The number of aryl methyl sites for hydroxylation is 1. The van der Waals surface area contributed by atoms with E-state index in [9.17, 15) is 0 Å². The Labute approximate surface area is 63.6 Å². The number of hydrogen-bond acceptors (Lipinski definition) is 4. The van der Waals surface area contributed by atoms with Crippen LogP contribution >= 0.6 is 11.3 Å². The van der Waals surface area contributed by atoms with Crippen LogP contribution in [0.25, 0.3) is 0 Å². The van der Waals surface area contributed by atoms with E-state index in [-0.39, 0.29) is 0 Å². The van der Waals surface area contributed by atoms with Crippen LogP contribution < -0.4 is 5.84 Å². The number of nitrogens with two attached hydrogens (primary N) is 1. The number of hydrazone groups is 1. The molecule has 0 aromatic carbocycles. The average Bonchev–Trinajstić information content (AvgIpc) is 2.34. The number of aromatic nitrogens is 1. The highest BCUT2D eigenvalue weighted by atomic mass is 32.1. The molecule has 1 aromatic rings. The fraction of sp³-hybridized carbons (Fsp3) is 0.333. The molecular formula is C6H9N3S. The van der Waals surface area contributed by atoms with Crippen molar-refractivity contribution in [3.05, 3.63) is 16.1 Å².